The first-order valence-electron chi connectivity index (χ1n) is 11.6. The van der Waals surface area contributed by atoms with E-state index in [9.17, 15) is 5.11 Å². The molecule has 1 unspecified atom stereocenters. The topological polar surface area (TPSA) is 30.0 Å². The maximum atomic E-state index is 9.66. The first-order chi connectivity index (χ1) is 14.6. The van der Waals surface area contributed by atoms with Crippen LogP contribution in [0.25, 0.3) is 11.1 Å². The van der Waals surface area contributed by atoms with Crippen molar-refractivity contribution < 1.29 is 5.11 Å². The van der Waals surface area contributed by atoms with E-state index in [1.165, 1.54) is 48.2 Å². The molecule has 2 saturated heterocycles. The average Bonchev–Trinajstić information content (AvgIpc) is 2.76. The lowest BCUT2D eigenvalue weighted by Gasteiger charge is -2.47. The largest absolute Gasteiger partial charge is 0.396 e. The van der Waals surface area contributed by atoms with Gasteiger partial charge in [-0.05, 0) is 68.6 Å². The van der Waals surface area contributed by atoms with Gasteiger partial charge in [0.1, 0.15) is 0 Å². The van der Waals surface area contributed by atoms with Crippen LogP contribution < -0.4 is 0 Å². The Morgan fingerprint density at radius 1 is 0.933 bits per heavy atom. The van der Waals surface area contributed by atoms with Crippen molar-refractivity contribution in [3.05, 3.63) is 59.7 Å². The summed E-state index contributed by atoms with van der Waals surface area (Å²) in [5.74, 6) is 0. The molecule has 4 rings (SSSR count). The summed E-state index contributed by atoms with van der Waals surface area (Å²) in [6.45, 7) is 9.16. The van der Waals surface area contributed by atoms with Crippen LogP contribution in [0.4, 0.5) is 0 Å². The second-order valence-electron chi connectivity index (χ2n) is 9.19. The summed E-state index contributed by atoms with van der Waals surface area (Å²) in [6.07, 6.45) is 3.41. The second kappa shape index (κ2) is 10.1. The summed E-state index contributed by atoms with van der Waals surface area (Å²) in [4.78, 5) is 7.73. The first kappa shape index (κ1) is 21.5. The van der Waals surface area contributed by atoms with Crippen LogP contribution in [0.2, 0.25) is 0 Å². The van der Waals surface area contributed by atoms with Crippen molar-refractivity contribution in [2.45, 2.75) is 44.8 Å². The second-order valence-corrected chi connectivity index (χ2v) is 9.19. The number of hydrogen-bond acceptors (Lipinski definition) is 4. The molecule has 0 spiro atoms. The van der Waals surface area contributed by atoms with Crippen LogP contribution in [-0.4, -0.2) is 78.3 Å². The van der Waals surface area contributed by atoms with Gasteiger partial charge in [0, 0.05) is 44.9 Å². The summed E-state index contributed by atoms with van der Waals surface area (Å²) in [6, 6.07) is 18.8. The highest BCUT2D eigenvalue weighted by Crippen LogP contribution is 2.26. The van der Waals surface area contributed by atoms with Crippen LogP contribution in [0.15, 0.2) is 48.5 Å². The predicted octanol–water partition coefficient (Wildman–Crippen LogP) is 3.62. The average molecular weight is 408 g/mol. The van der Waals surface area contributed by atoms with Crippen LogP contribution >= 0.6 is 0 Å². The van der Waals surface area contributed by atoms with Gasteiger partial charge in [-0.15, -0.1) is 0 Å². The van der Waals surface area contributed by atoms with Gasteiger partial charge in [0.05, 0.1) is 0 Å². The van der Waals surface area contributed by atoms with Crippen LogP contribution in [-0.2, 0) is 6.54 Å². The fourth-order valence-corrected chi connectivity index (χ4v) is 5.24. The SMILES string of the molecule is Cc1ccccc1-c1ccc(CN2CCN(C3CCN(C)CC3)C(CCO)C2)cc1. The van der Waals surface area contributed by atoms with Gasteiger partial charge >= 0.3 is 0 Å². The van der Waals surface area contributed by atoms with Gasteiger partial charge in [-0.3, -0.25) is 9.80 Å². The van der Waals surface area contributed by atoms with Crippen molar-refractivity contribution in [1.82, 2.24) is 14.7 Å². The molecule has 0 saturated carbocycles. The molecule has 4 nitrogen and oxygen atoms in total. The number of aliphatic hydroxyl groups excluding tert-OH is 1. The number of rotatable bonds is 6. The summed E-state index contributed by atoms with van der Waals surface area (Å²) in [5, 5.41) is 9.66. The van der Waals surface area contributed by atoms with E-state index in [4.69, 9.17) is 0 Å². The maximum Gasteiger partial charge on any atom is 0.0446 e. The zero-order valence-corrected chi connectivity index (χ0v) is 18.6. The lowest BCUT2D eigenvalue weighted by Crippen LogP contribution is -2.58. The van der Waals surface area contributed by atoms with Crippen molar-refractivity contribution in [3.8, 4) is 11.1 Å². The van der Waals surface area contributed by atoms with Gasteiger partial charge in [0.15, 0.2) is 0 Å². The molecule has 2 aliphatic heterocycles. The predicted molar refractivity (Wildman–Crippen MR) is 125 cm³/mol. The van der Waals surface area contributed by atoms with Crippen molar-refractivity contribution in [3.63, 3.8) is 0 Å². The van der Waals surface area contributed by atoms with Crippen molar-refractivity contribution >= 4 is 0 Å². The third-order valence-corrected chi connectivity index (χ3v) is 7.05. The smallest absolute Gasteiger partial charge is 0.0446 e. The molecule has 2 fully saturated rings. The van der Waals surface area contributed by atoms with Gasteiger partial charge in [-0.1, -0.05) is 48.5 Å². The Hall–Kier alpha value is -1.72. The van der Waals surface area contributed by atoms with E-state index in [-0.39, 0.29) is 6.61 Å². The molecule has 162 valence electrons. The van der Waals surface area contributed by atoms with Crippen LogP contribution in [0, 0.1) is 6.92 Å². The Labute approximate surface area is 182 Å². The Morgan fingerprint density at radius 2 is 1.67 bits per heavy atom. The third kappa shape index (κ3) is 5.12. The highest BCUT2D eigenvalue weighted by Gasteiger charge is 2.32. The van der Waals surface area contributed by atoms with Gasteiger partial charge in [0.25, 0.3) is 0 Å². The molecule has 0 radical (unpaired) electrons. The molecular formula is C26H37N3O. The number of piperidine rings is 1. The maximum absolute atomic E-state index is 9.66. The minimum Gasteiger partial charge on any atom is -0.396 e. The number of hydrogen-bond donors (Lipinski definition) is 1. The Kier molecular flexibility index (Phi) is 7.21. The molecule has 2 heterocycles. The van der Waals surface area contributed by atoms with E-state index in [0.717, 1.165) is 32.6 Å². The number of nitrogens with zero attached hydrogens (tertiary/aromatic N) is 3. The number of aliphatic hydroxyl groups is 1. The number of likely N-dealkylation sites (tertiary alicyclic amines) is 1. The van der Waals surface area contributed by atoms with Gasteiger partial charge in [0.2, 0.25) is 0 Å². The van der Waals surface area contributed by atoms with E-state index in [0.29, 0.717) is 12.1 Å². The standard InChI is InChI=1S/C26H37N3O/c1-21-5-3-4-6-26(21)23-9-7-22(8-10-23)19-28-16-17-29(25(20-28)13-18-30)24-11-14-27(2)15-12-24/h3-10,24-25,30H,11-20H2,1-2H3. The summed E-state index contributed by atoms with van der Waals surface area (Å²) in [5.41, 5.74) is 5.31. The van der Waals surface area contributed by atoms with Crippen molar-refractivity contribution in [2.24, 2.45) is 0 Å². The van der Waals surface area contributed by atoms with Gasteiger partial charge < -0.3 is 10.0 Å². The van der Waals surface area contributed by atoms with Crippen LogP contribution in [0.1, 0.15) is 30.4 Å². The lowest BCUT2D eigenvalue weighted by atomic mass is 9.97. The van der Waals surface area contributed by atoms with Crippen molar-refractivity contribution in [2.75, 3.05) is 46.4 Å². The monoisotopic (exact) mass is 407 g/mol. The number of aryl methyl sites for hydroxylation is 1. The summed E-state index contributed by atoms with van der Waals surface area (Å²) >= 11 is 0. The molecule has 0 amide bonds. The Bertz CT molecular complexity index is 798. The quantitative estimate of drug-likeness (QED) is 0.792. The fraction of sp³-hybridized carbons (Fsp3) is 0.538. The highest BCUT2D eigenvalue weighted by molar-refractivity contribution is 5.67. The molecule has 1 N–H and O–H groups in total. The van der Waals surface area contributed by atoms with E-state index >= 15 is 0 Å². The summed E-state index contributed by atoms with van der Waals surface area (Å²) < 4.78 is 0. The fourth-order valence-electron chi connectivity index (χ4n) is 5.24. The molecule has 2 aromatic rings. The van der Waals surface area contributed by atoms with Crippen LogP contribution in [0.3, 0.4) is 0 Å². The van der Waals surface area contributed by atoms with Crippen molar-refractivity contribution in [1.29, 1.82) is 0 Å². The number of piperazine rings is 1. The highest BCUT2D eigenvalue weighted by atomic mass is 16.3. The molecular weight excluding hydrogens is 370 g/mol. The molecule has 2 aliphatic rings. The Morgan fingerprint density at radius 3 is 2.37 bits per heavy atom. The third-order valence-electron chi connectivity index (χ3n) is 7.05. The zero-order valence-electron chi connectivity index (χ0n) is 18.6. The zero-order chi connectivity index (χ0) is 20.9. The lowest BCUT2D eigenvalue weighted by molar-refractivity contribution is 0.00600. The molecule has 1 atom stereocenters. The van der Waals surface area contributed by atoms with Crippen LogP contribution in [0.5, 0.6) is 0 Å². The van der Waals surface area contributed by atoms with E-state index in [1.807, 2.05) is 0 Å². The molecule has 2 aromatic carbocycles. The first-order valence-corrected chi connectivity index (χ1v) is 11.6. The molecule has 0 aromatic heterocycles. The summed E-state index contributed by atoms with van der Waals surface area (Å²) in [7, 11) is 2.23. The molecule has 0 aliphatic carbocycles. The minimum absolute atomic E-state index is 0.284. The minimum atomic E-state index is 0.284. The molecule has 4 heteroatoms. The van der Waals surface area contributed by atoms with E-state index in [1.54, 1.807) is 0 Å². The molecule has 0 bridgehead atoms. The normalized spacial score (nSPS) is 22.4. The van der Waals surface area contributed by atoms with E-state index < -0.39 is 0 Å². The van der Waals surface area contributed by atoms with E-state index in [2.05, 4.69) is 77.2 Å². The number of benzene rings is 2. The molecule has 30 heavy (non-hydrogen) atoms. The Balaban J connectivity index is 1.38. The van der Waals surface area contributed by atoms with Gasteiger partial charge in [-0.25, -0.2) is 0 Å². The van der Waals surface area contributed by atoms with Gasteiger partial charge in [-0.2, -0.15) is 0 Å².